The van der Waals surface area contributed by atoms with E-state index in [9.17, 15) is 4.79 Å². The minimum absolute atomic E-state index is 0.0658. The first-order chi connectivity index (χ1) is 9.14. The number of benzene rings is 1. The van der Waals surface area contributed by atoms with Gasteiger partial charge in [0, 0.05) is 12.5 Å². The van der Waals surface area contributed by atoms with Crippen molar-refractivity contribution in [3.05, 3.63) is 28.8 Å². The maximum atomic E-state index is 12.5. The fourth-order valence-electron chi connectivity index (χ4n) is 2.65. The van der Waals surface area contributed by atoms with Crippen LogP contribution in [0.1, 0.15) is 55.1 Å². The third-order valence-corrected chi connectivity index (χ3v) is 3.26. The van der Waals surface area contributed by atoms with Gasteiger partial charge in [0.15, 0.2) is 5.78 Å². The van der Waals surface area contributed by atoms with Gasteiger partial charge in [-0.25, -0.2) is 0 Å². The SMILES string of the molecule is COc1cc(C)cc(C)c1C(=O)CC(N)CC(C)(C)C. The Kier molecular flexibility index (Phi) is 5.35. The smallest absolute Gasteiger partial charge is 0.168 e. The number of rotatable bonds is 5. The van der Waals surface area contributed by atoms with Gasteiger partial charge in [-0.15, -0.1) is 0 Å². The van der Waals surface area contributed by atoms with E-state index in [0.29, 0.717) is 17.7 Å². The van der Waals surface area contributed by atoms with Gasteiger partial charge in [-0.05, 0) is 42.9 Å². The van der Waals surface area contributed by atoms with Crippen LogP contribution >= 0.6 is 0 Å². The Bertz CT molecular complexity index is 486. The highest BCUT2D eigenvalue weighted by Crippen LogP contribution is 2.27. The Hall–Kier alpha value is -1.35. The van der Waals surface area contributed by atoms with E-state index in [2.05, 4.69) is 20.8 Å². The van der Waals surface area contributed by atoms with Gasteiger partial charge in [0.25, 0.3) is 0 Å². The summed E-state index contributed by atoms with van der Waals surface area (Å²) in [6.07, 6.45) is 1.18. The Balaban J connectivity index is 2.93. The van der Waals surface area contributed by atoms with Crippen LogP contribution < -0.4 is 10.5 Å². The third kappa shape index (κ3) is 4.64. The van der Waals surface area contributed by atoms with E-state index in [1.54, 1.807) is 7.11 Å². The van der Waals surface area contributed by atoms with Crippen LogP contribution in [0.15, 0.2) is 12.1 Å². The lowest BCUT2D eigenvalue weighted by molar-refractivity contribution is 0.0964. The summed E-state index contributed by atoms with van der Waals surface area (Å²) in [6.45, 7) is 10.3. The first kappa shape index (κ1) is 16.7. The Labute approximate surface area is 122 Å². The van der Waals surface area contributed by atoms with E-state index < -0.39 is 0 Å². The van der Waals surface area contributed by atoms with Crippen LogP contribution in [-0.2, 0) is 0 Å². The van der Waals surface area contributed by atoms with Crippen molar-refractivity contribution in [2.75, 3.05) is 7.11 Å². The highest BCUT2D eigenvalue weighted by atomic mass is 16.5. The molecule has 1 rings (SSSR count). The largest absolute Gasteiger partial charge is 0.496 e. The zero-order valence-corrected chi connectivity index (χ0v) is 13.5. The summed E-state index contributed by atoms with van der Waals surface area (Å²) >= 11 is 0. The van der Waals surface area contributed by atoms with Crippen LogP contribution in [0.2, 0.25) is 0 Å². The minimum atomic E-state index is -0.118. The first-order valence-electron chi connectivity index (χ1n) is 7.08. The molecule has 3 heteroatoms. The molecule has 0 amide bonds. The van der Waals surface area contributed by atoms with Crippen LogP contribution in [0.5, 0.6) is 5.75 Å². The number of methoxy groups -OCH3 is 1. The number of ketones is 1. The van der Waals surface area contributed by atoms with Gasteiger partial charge in [0.2, 0.25) is 0 Å². The van der Waals surface area contributed by atoms with E-state index >= 15 is 0 Å². The summed E-state index contributed by atoms with van der Waals surface area (Å²) in [6, 6.07) is 3.79. The molecule has 0 spiro atoms. The second-order valence-electron chi connectivity index (χ2n) is 6.81. The molecule has 0 aromatic heterocycles. The van der Waals surface area contributed by atoms with Crippen LogP contribution in [0.3, 0.4) is 0 Å². The molecule has 0 radical (unpaired) electrons. The van der Waals surface area contributed by atoms with Crippen molar-refractivity contribution >= 4 is 5.78 Å². The van der Waals surface area contributed by atoms with Gasteiger partial charge < -0.3 is 10.5 Å². The van der Waals surface area contributed by atoms with Crippen LogP contribution in [-0.4, -0.2) is 18.9 Å². The molecule has 0 saturated heterocycles. The van der Waals surface area contributed by atoms with Gasteiger partial charge in [0.05, 0.1) is 12.7 Å². The maximum Gasteiger partial charge on any atom is 0.168 e. The molecule has 0 bridgehead atoms. The molecular formula is C17H27NO2. The molecule has 1 aromatic carbocycles. The van der Waals surface area contributed by atoms with Gasteiger partial charge in [-0.2, -0.15) is 0 Å². The quantitative estimate of drug-likeness (QED) is 0.836. The standard InChI is InChI=1S/C17H27NO2/c1-11-7-12(2)16(15(8-11)20-6)14(19)9-13(18)10-17(3,4)5/h7-8,13H,9-10,18H2,1-6H3. The molecule has 20 heavy (non-hydrogen) atoms. The summed E-state index contributed by atoms with van der Waals surface area (Å²) < 4.78 is 5.35. The summed E-state index contributed by atoms with van der Waals surface area (Å²) in [5.74, 6) is 0.714. The Morgan fingerprint density at radius 1 is 1.30 bits per heavy atom. The molecule has 112 valence electrons. The summed E-state index contributed by atoms with van der Waals surface area (Å²) in [4.78, 5) is 12.5. The molecule has 0 aliphatic carbocycles. The third-order valence-electron chi connectivity index (χ3n) is 3.26. The van der Waals surface area contributed by atoms with Crippen molar-refractivity contribution in [1.29, 1.82) is 0 Å². The average molecular weight is 277 g/mol. The van der Waals surface area contributed by atoms with Crippen molar-refractivity contribution in [3.63, 3.8) is 0 Å². The minimum Gasteiger partial charge on any atom is -0.496 e. The summed E-state index contributed by atoms with van der Waals surface area (Å²) in [5.41, 5.74) is 8.95. The highest BCUT2D eigenvalue weighted by molar-refractivity contribution is 6.00. The fourth-order valence-corrected chi connectivity index (χ4v) is 2.65. The number of ether oxygens (including phenoxy) is 1. The van der Waals surface area contributed by atoms with E-state index in [0.717, 1.165) is 17.5 Å². The summed E-state index contributed by atoms with van der Waals surface area (Å²) in [5, 5.41) is 0. The number of Topliss-reactive ketones (excluding diaryl/α,β-unsaturated/α-hetero) is 1. The molecule has 1 aromatic rings. The van der Waals surface area contributed by atoms with Crippen LogP contribution in [0, 0.1) is 19.3 Å². The lowest BCUT2D eigenvalue weighted by atomic mass is 9.85. The molecule has 0 saturated carbocycles. The Morgan fingerprint density at radius 2 is 1.90 bits per heavy atom. The molecule has 1 unspecified atom stereocenters. The lowest BCUT2D eigenvalue weighted by Gasteiger charge is -2.23. The highest BCUT2D eigenvalue weighted by Gasteiger charge is 2.22. The topological polar surface area (TPSA) is 52.3 Å². The monoisotopic (exact) mass is 277 g/mol. The number of nitrogens with two attached hydrogens (primary N) is 1. The number of aryl methyl sites for hydroxylation is 2. The molecule has 2 N–H and O–H groups in total. The first-order valence-corrected chi connectivity index (χ1v) is 7.08. The number of hydrogen-bond donors (Lipinski definition) is 1. The lowest BCUT2D eigenvalue weighted by Crippen LogP contribution is -2.29. The number of carbonyl (C=O) groups excluding carboxylic acids is 1. The van der Waals surface area contributed by atoms with E-state index in [4.69, 9.17) is 10.5 Å². The Morgan fingerprint density at radius 3 is 2.40 bits per heavy atom. The second kappa shape index (κ2) is 6.40. The number of carbonyl (C=O) groups is 1. The molecular weight excluding hydrogens is 250 g/mol. The molecule has 0 heterocycles. The average Bonchev–Trinajstić information content (AvgIpc) is 2.24. The van der Waals surface area contributed by atoms with Gasteiger partial charge >= 0.3 is 0 Å². The molecule has 1 atom stereocenters. The normalized spacial score (nSPS) is 13.2. The van der Waals surface area contributed by atoms with Crippen molar-refractivity contribution < 1.29 is 9.53 Å². The zero-order chi connectivity index (χ0) is 15.5. The number of hydrogen-bond acceptors (Lipinski definition) is 3. The van der Waals surface area contributed by atoms with Gasteiger partial charge in [-0.1, -0.05) is 26.8 Å². The van der Waals surface area contributed by atoms with Crippen molar-refractivity contribution in [2.45, 2.75) is 53.5 Å². The van der Waals surface area contributed by atoms with Crippen molar-refractivity contribution in [3.8, 4) is 5.75 Å². The molecule has 0 aliphatic rings. The predicted octanol–water partition coefficient (Wildman–Crippen LogP) is 3.65. The molecule has 3 nitrogen and oxygen atoms in total. The van der Waals surface area contributed by atoms with Gasteiger partial charge in [-0.3, -0.25) is 4.79 Å². The molecule has 0 fully saturated rings. The van der Waals surface area contributed by atoms with E-state index in [-0.39, 0.29) is 17.2 Å². The molecule has 0 aliphatic heterocycles. The zero-order valence-electron chi connectivity index (χ0n) is 13.5. The van der Waals surface area contributed by atoms with Gasteiger partial charge in [0.1, 0.15) is 5.75 Å². The summed E-state index contributed by atoms with van der Waals surface area (Å²) in [7, 11) is 1.60. The second-order valence-corrected chi connectivity index (χ2v) is 6.81. The van der Waals surface area contributed by atoms with Crippen molar-refractivity contribution in [1.82, 2.24) is 0 Å². The van der Waals surface area contributed by atoms with Crippen molar-refractivity contribution in [2.24, 2.45) is 11.1 Å². The van der Waals surface area contributed by atoms with E-state index in [1.807, 2.05) is 26.0 Å². The van der Waals surface area contributed by atoms with Crippen LogP contribution in [0.4, 0.5) is 0 Å². The van der Waals surface area contributed by atoms with E-state index in [1.165, 1.54) is 0 Å². The maximum absolute atomic E-state index is 12.5. The fraction of sp³-hybridized carbons (Fsp3) is 0.588. The van der Waals surface area contributed by atoms with Crippen LogP contribution in [0.25, 0.3) is 0 Å². The predicted molar refractivity (Wildman–Crippen MR) is 83.5 cm³/mol.